The van der Waals surface area contributed by atoms with Crippen LogP contribution in [0.1, 0.15) is 24.0 Å². The number of carbonyl (C=O) groups is 2. The second-order valence-electron chi connectivity index (χ2n) is 5.93. The van der Waals surface area contributed by atoms with Gasteiger partial charge in [-0.3, -0.25) is 14.5 Å². The lowest BCUT2D eigenvalue weighted by Crippen LogP contribution is -2.28. The van der Waals surface area contributed by atoms with Gasteiger partial charge in [-0.25, -0.2) is 13.1 Å². The van der Waals surface area contributed by atoms with Crippen LogP contribution >= 0.6 is 0 Å². The average molecular weight is 358 g/mol. The number of nitrogens with zero attached hydrogens (tertiary/aromatic N) is 1. The summed E-state index contributed by atoms with van der Waals surface area (Å²) < 4.78 is 27.3. The molecule has 130 valence electrons. The molecular weight excluding hydrogens is 340 g/mol. The molecule has 7 heteroatoms. The van der Waals surface area contributed by atoms with Gasteiger partial charge < -0.3 is 0 Å². The van der Waals surface area contributed by atoms with Gasteiger partial charge in [0, 0.05) is 19.4 Å². The molecule has 25 heavy (non-hydrogen) atoms. The number of nitrogens with one attached hydrogen (secondary N) is 1. The van der Waals surface area contributed by atoms with E-state index in [4.69, 9.17) is 0 Å². The first-order valence-electron chi connectivity index (χ1n) is 7.88. The van der Waals surface area contributed by atoms with Crippen LogP contribution in [-0.4, -0.2) is 20.2 Å². The van der Waals surface area contributed by atoms with E-state index in [1.165, 1.54) is 24.3 Å². The van der Waals surface area contributed by atoms with E-state index >= 15 is 0 Å². The summed E-state index contributed by atoms with van der Waals surface area (Å²) in [5.74, 6) is -0.531. The fraction of sp³-hybridized carbons (Fsp3) is 0.222. The molecule has 0 saturated carbocycles. The average Bonchev–Trinajstić information content (AvgIpc) is 2.92. The molecule has 0 spiro atoms. The number of carbonyl (C=O) groups excluding carboxylic acids is 2. The molecule has 0 bridgehead atoms. The molecule has 0 aromatic heterocycles. The number of aryl methyl sites for hydroxylation is 1. The van der Waals surface area contributed by atoms with Crippen LogP contribution in [0.25, 0.3) is 0 Å². The number of anilines is 1. The second kappa shape index (κ2) is 6.78. The van der Waals surface area contributed by atoms with Gasteiger partial charge in [0.15, 0.2) is 0 Å². The van der Waals surface area contributed by atoms with Gasteiger partial charge in [0.1, 0.15) is 0 Å². The van der Waals surface area contributed by atoms with Crippen molar-refractivity contribution in [1.82, 2.24) is 4.72 Å². The Morgan fingerprint density at radius 1 is 1.00 bits per heavy atom. The molecule has 0 atom stereocenters. The number of rotatable bonds is 5. The summed E-state index contributed by atoms with van der Waals surface area (Å²) in [7, 11) is -3.68. The monoisotopic (exact) mass is 358 g/mol. The summed E-state index contributed by atoms with van der Waals surface area (Å²) in [5, 5.41) is 0. The van der Waals surface area contributed by atoms with E-state index in [2.05, 4.69) is 4.72 Å². The lowest BCUT2D eigenvalue weighted by molar-refractivity contribution is -0.121. The first kappa shape index (κ1) is 17.3. The highest BCUT2D eigenvalue weighted by Crippen LogP contribution is 2.24. The molecule has 0 unspecified atom stereocenters. The van der Waals surface area contributed by atoms with E-state index < -0.39 is 10.0 Å². The summed E-state index contributed by atoms with van der Waals surface area (Å²) in [6.07, 6.45) is 0.383. The third kappa shape index (κ3) is 3.78. The molecule has 2 aromatic rings. The second-order valence-corrected chi connectivity index (χ2v) is 7.70. The molecule has 1 N–H and O–H groups in total. The standard InChI is InChI=1S/C18H18N2O4S/c1-13-3-2-4-14(11-13)12-19-25(23,24)16-7-5-15(6-8-16)20-17(21)9-10-18(20)22/h2-8,11,19H,9-10,12H2,1H3. The fourth-order valence-electron chi connectivity index (χ4n) is 2.72. The highest BCUT2D eigenvalue weighted by atomic mass is 32.2. The van der Waals surface area contributed by atoms with Gasteiger partial charge in [0.05, 0.1) is 10.6 Å². The Morgan fingerprint density at radius 2 is 1.64 bits per heavy atom. The summed E-state index contributed by atoms with van der Waals surface area (Å²) in [4.78, 5) is 24.6. The van der Waals surface area contributed by atoms with Gasteiger partial charge >= 0.3 is 0 Å². The van der Waals surface area contributed by atoms with Gasteiger partial charge in [-0.1, -0.05) is 29.8 Å². The predicted molar refractivity (Wildman–Crippen MR) is 93.4 cm³/mol. The highest BCUT2D eigenvalue weighted by Gasteiger charge is 2.30. The molecule has 0 aliphatic carbocycles. The zero-order valence-corrected chi connectivity index (χ0v) is 14.5. The summed E-state index contributed by atoms with van der Waals surface area (Å²) in [5.41, 5.74) is 2.32. The van der Waals surface area contributed by atoms with Crippen LogP contribution in [0.3, 0.4) is 0 Å². The molecule has 2 amide bonds. The first-order valence-corrected chi connectivity index (χ1v) is 9.36. The molecule has 3 rings (SSSR count). The zero-order chi connectivity index (χ0) is 18.0. The van der Waals surface area contributed by atoms with Crippen molar-refractivity contribution in [3.63, 3.8) is 0 Å². The highest BCUT2D eigenvalue weighted by molar-refractivity contribution is 7.89. The minimum Gasteiger partial charge on any atom is -0.274 e. The van der Waals surface area contributed by atoms with Crippen LogP contribution in [0.4, 0.5) is 5.69 Å². The Bertz CT molecular complexity index is 904. The summed E-state index contributed by atoms with van der Waals surface area (Å²) >= 11 is 0. The number of benzene rings is 2. The van der Waals surface area contributed by atoms with Crippen LogP contribution in [0.15, 0.2) is 53.4 Å². The lowest BCUT2D eigenvalue weighted by atomic mass is 10.1. The number of amides is 2. The molecule has 6 nitrogen and oxygen atoms in total. The van der Waals surface area contributed by atoms with Crippen molar-refractivity contribution in [2.45, 2.75) is 31.2 Å². The van der Waals surface area contributed by atoms with Crippen molar-refractivity contribution in [3.05, 3.63) is 59.7 Å². The third-order valence-electron chi connectivity index (χ3n) is 4.01. The maximum atomic E-state index is 12.4. The van der Waals surface area contributed by atoms with E-state index in [9.17, 15) is 18.0 Å². The summed E-state index contributed by atoms with van der Waals surface area (Å²) in [6, 6.07) is 13.3. The van der Waals surface area contributed by atoms with Gasteiger partial charge in [-0.05, 0) is 36.8 Å². The Kier molecular flexibility index (Phi) is 4.69. The predicted octanol–water partition coefficient (Wildman–Crippen LogP) is 2.13. The first-order chi connectivity index (χ1) is 11.9. The normalized spacial score (nSPS) is 15.0. The Hall–Kier alpha value is -2.51. The minimum atomic E-state index is -3.68. The van der Waals surface area contributed by atoms with Gasteiger partial charge in [-0.15, -0.1) is 0 Å². The van der Waals surface area contributed by atoms with Gasteiger partial charge in [0.25, 0.3) is 0 Å². The molecule has 0 radical (unpaired) electrons. The van der Waals surface area contributed by atoms with Crippen LogP contribution in [0, 0.1) is 6.92 Å². The number of imide groups is 1. The number of hydrogen-bond acceptors (Lipinski definition) is 4. The van der Waals surface area contributed by atoms with Crippen molar-refractivity contribution >= 4 is 27.5 Å². The molecule has 2 aromatic carbocycles. The molecule has 1 heterocycles. The number of hydrogen-bond donors (Lipinski definition) is 1. The van der Waals surface area contributed by atoms with Gasteiger partial charge in [0.2, 0.25) is 21.8 Å². The van der Waals surface area contributed by atoms with E-state index in [-0.39, 0.29) is 36.1 Å². The van der Waals surface area contributed by atoms with Crippen LogP contribution in [0.2, 0.25) is 0 Å². The van der Waals surface area contributed by atoms with Crippen molar-refractivity contribution in [2.75, 3.05) is 4.90 Å². The Balaban J connectivity index is 1.74. The van der Waals surface area contributed by atoms with Crippen molar-refractivity contribution < 1.29 is 18.0 Å². The van der Waals surface area contributed by atoms with E-state index in [0.717, 1.165) is 16.0 Å². The van der Waals surface area contributed by atoms with Crippen molar-refractivity contribution in [1.29, 1.82) is 0 Å². The Morgan fingerprint density at radius 3 is 2.24 bits per heavy atom. The molecular formula is C18H18N2O4S. The maximum Gasteiger partial charge on any atom is 0.240 e. The van der Waals surface area contributed by atoms with Crippen molar-refractivity contribution in [3.8, 4) is 0 Å². The maximum absolute atomic E-state index is 12.4. The van der Waals surface area contributed by atoms with E-state index in [1.54, 1.807) is 0 Å². The van der Waals surface area contributed by atoms with Crippen LogP contribution < -0.4 is 9.62 Å². The lowest BCUT2D eigenvalue weighted by Gasteiger charge is -2.14. The molecule has 1 fully saturated rings. The topological polar surface area (TPSA) is 83.6 Å². The van der Waals surface area contributed by atoms with E-state index in [0.29, 0.717) is 5.69 Å². The SMILES string of the molecule is Cc1cccc(CNS(=O)(=O)c2ccc(N3C(=O)CCC3=O)cc2)c1. The third-order valence-corrected chi connectivity index (χ3v) is 5.42. The summed E-state index contributed by atoms with van der Waals surface area (Å²) in [6.45, 7) is 2.13. The molecule has 1 aliphatic rings. The van der Waals surface area contributed by atoms with Crippen LogP contribution in [0.5, 0.6) is 0 Å². The zero-order valence-electron chi connectivity index (χ0n) is 13.7. The van der Waals surface area contributed by atoms with Gasteiger partial charge in [-0.2, -0.15) is 0 Å². The Labute approximate surface area is 146 Å². The quantitative estimate of drug-likeness (QED) is 0.830. The van der Waals surface area contributed by atoms with Crippen LogP contribution in [-0.2, 0) is 26.2 Å². The fourth-order valence-corrected chi connectivity index (χ4v) is 3.74. The molecule has 1 saturated heterocycles. The largest absolute Gasteiger partial charge is 0.274 e. The van der Waals surface area contributed by atoms with E-state index in [1.807, 2.05) is 31.2 Å². The van der Waals surface area contributed by atoms with Crippen molar-refractivity contribution in [2.24, 2.45) is 0 Å². The minimum absolute atomic E-state index is 0.0861. The molecule has 1 aliphatic heterocycles. The number of sulfonamides is 1. The smallest absolute Gasteiger partial charge is 0.240 e.